The molecule has 0 radical (unpaired) electrons. The summed E-state index contributed by atoms with van der Waals surface area (Å²) in [4.78, 5) is 16.3. The van der Waals surface area contributed by atoms with Crippen LogP contribution in [0.15, 0.2) is 24.3 Å². The normalized spacial score (nSPS) is 15.2. The predicted molar refractivity (Wildman–Crippen MR) is 88.5 cm³/mol. The Bertz CT molecular complexity index is 834. The fourth-order valence-corrected chi connectivity index (χ4v) is 2.89. The molecule has 0 unspecified atom stereocenters. The van der Waals surface area contributed by atoms with Crippen molar-refractivity contribution in [1.82, 2.24) is 4.98 Å². The standard InChI is InChI=1S/C19H19F2NO3/c1-4-24-18(23)16-8-13(12-6-5-11(20)7-15(12)21)14-9-19(2,3)10-25-17(14)22-16/h5-8H,4,9-10H2,1-3H3. The van der Waals surface area contributed by atoms with Crippen molar-refractivity contribution < 1.29 is 23.0 Å². The number of pyridine rings is 1. The van der Waals surface area contributed by atoms with Crippen LogP contribution in [0.4, 0.5) is 8.78 Å². The van der Waals surface area contributed by atoms with Gasteiger partial charge in [0.05, 0.1) is 13.2 Å². The molecule has 0 bridgehead atoms. The number of benzene rings is 1. The second kappa shape index (κ2) is 6.43. The van der Waals surface area contributed by atoms with Crippen molar-refractivity contribution in [2.45, 2.75) is 27.2 Å². The molecule has 1 aromatic heterocycles. The summed E-state index contributed by atoms with van der Waals surface area (Å²) in [5.74, 6) is -1.68. The highest BCUT2D eigenvalue weighted by molar-refractivity contribution is 5.90. The van der Waals surface area contributed by atoms with E-state index in [1.165, 1.54) is 18.2 Å². The summed E-state index contributed by atoms with van der Waals surface area (Å²) in [6, 6.07) is 4.85. The first-order valence-electron chi connectivity index (χ1n) is 8.10. The Morgan fingerprint density at radius 2 is 2.04 bits per heavy atom. The van der Waals surface area contributed by atoms with Crippen LogP contribution in [0.25, 0.3) is 11.1 Å². The summed E-state index contributed by atoms with van der Waals surface area (Å²) in [6.45, 7) is 6.38. The molecule has 25 heavy (non-hydrogen) atoms. The Hall–Kier alpha value is -2.50. The van der Waals surface area contributed by atoms with Crippen LogP contribution in [0.1, 0.15) is 36.8 Å². The van der Waals surface area contributed by atoms with E-state index in [9.17, 15) is 13.6 Å². The van der Waals surface area contributed by atoms with Crippen LogP contribution >= 0.6 is 0 Å². The molecule has 0 fully saturated rings. The first kappa shape index (κ1) is 17.3. The van der Waals surface area contributed by atoms with Crippen LogP contribution in [-0.4, -0.2) is 24.2 Å². The number of ether oxygens (including phenoxy) is 2. The van der Waals surface area contributed by atoms with E-state index in [4.69, 9.17) is 9.47 Å². The van der Waals surface area contributed by atoms with E-state index >= 15 is 0 Å². The van der Waals surface area contributed by atoms with Crippen molar-refractivity contribution in [3.63, 3.8) is 0 Å². The zero-order chi connectivity index (χ0) is 18.2. The van der Waals surface area contributed by atoms with E-state index in [1.807, 2.05) is 13.8 Å². The van der Waals surface area contributed by atoms with Crippen molar-refractivity contribution >= 4 is 5.97 Å². The van der Waals surface area contributed by atoms with Crippen molar-refractivity contribution in [2.24, 2.45) is 5.41 Å². The molecule has 0 saturated carbocycles. The van der Waals surface area contributed by atoms with Crippen LogP contribution in [-0.2, 0) is 11.2 Å². The third-order valence-electron chi connectivity index (χ3n) is 4.05. The van der Waals surface area contributed by atoms with Gasteiger partial charge in [0.25, 0.3) is 0 Å². The Labute approximate surface area is 144 Å². The molecule has 0 atom stereocenters. The number of hydrogen-bond acceptors (Lipinski definition) is 4. The molecular formula is C19H19F2NO3. The number of halogens is 2. The lowest BCUT2D eigenvalue weighted by atomic mass is 9.82. The number of carbonyl (C=O) groups excluding carboxylic acids is 1. The maximum absolute atomic E-state index is 14.4. The van der Waals surface area contributed by atoms with E-state index in [0.29, 0.717) is 30.0 Å². The first-order chi connectivity index (χ1) is 11.8. The fraction of sp³-hybridized carbons (Fsp3) is 0.368. The lowest BCUT2D eigenvalue weighted by Gasteiger charge is -2.32. The van der Waals surface area contributed by atoms with E-state index in [0.717, 1.165) is 6.07 Å². The molecule has 0 spiro atoms. The minimum atomic E-state index is -0.702. The molecular weight excluding hydrogens is 328 g/mol. The number of carbonyl (C=O) groups is 1. The second-order valence-corrected chi connectivity index (χ2v) is 6.81. The summed E-state index contributed by atoms with van der Waals surface area (Å²) in [7, 11) is 0. The molecule has 1 aromatic carbocycles. The van der Waals surface area contributed by atoms with Gasteiger partial charge < -0.3 is 9.47 Å². The average Bonchev–Trinajstić information content (AvgIpc) is 2.54. The summed E-state index contributed by atoms with van der Waals surface area (Å²) in [6.07, 6.45) is 0.602. The van der Waals surface area contributed by atoms with Gasteiger partial charge in [-0.2, -0.15) is 0 Å². The third-order valence-corrected chi connectivity index (χ3v) is 4.05. The number of nitrogens with zero attached hydrogens (tertiary/aromatic N) is 1. The van der Waals surface area contributed by atoms with Gasteiger partial charge in [-0.1, -0.05) is 13.8 Å². The molecule has 2 heterocycles. The highest BCUT2D eigenvalue weighted by atomic mass is 19.1. The van der Waals surface area contributed by atoms with E-state index < -0.39 is 17.6 Å². The Morgan fingerprint density at radius 1 is 1.28 bits per heavy atom. The number of aromatic nitrogens is 1. The number of hydrogen-bond donors (Lipinski definition) is 0. The van der Waals surface area contributed by atoms with Crippen molar-refractivity contribution in [3.05, 3.63) is 47.2 Å². The van der Waals surface area contributed by atoms with Gasteiger partial charge in [0, 0.05) is 22.6 Å². The number of fused-ring (bicyclic) bond motifs is 1. The first-order valence-corrected chi connectivity index (χ1v) is 8.10. The van der Waals surface area contributed by atoms with Gasteiger partial charge in [0.1, 0.15) is 11.6 Å². The smallest absolute Gasteiger partial charge is 0.357 e. The third kappa shape index (κ3) is 3.48. The van der Waals surface area contributed by atoms with Gasteiger partial charge in [-0.25, -0.2) is 18.6 Å². The predicted octanol–water partition coefficient (Wildman–Crippen LogP) is 4.16. The molecule has 3 rings (SSSR count). The lowest BCUT2D eigenvalue weighted by molar-refractivity contribution is 0.0516. The van der Waals surface area contributed by atoms with Crippen LogP contribution in [0.3, 0.4) is 0 Å². The molecule has 2 aromatic rings. The number of esters is 1. The van der Waals surface area contributed by atoms with Crippen LogP contribution in [0.5, 0.6) is 5.88 Å². The quantitative estimate of drug-likeness (QED) is 0.782. The Kier molecular flexibility index (Phi) is 4.45. The van der Waals surface area contributed by atoms with Crippen LogP contribution in [0.2, 0.25) is 0 Å². The zero-order valence-corrected chi connectivity index (χ0v) is 14.4. The molecule has 1 aliphatic heterocycles. The molecule has 132 valence electrons. The largest absolute Gasteiger partial charge is 0.477 e. The van der Waals surface area contributed by atoms with Gasteiger partial charge in [0.15, 0.2) is 5.69 Å². The number of rotatable bonds is 3. The van der Waals surface area contributed by atoms with Crippen LogP contribution < -0.4 is 4.74 Å². The summed E-state index contributed by atoms with van der Waals surface area (Å²) in [5, 5.41) is 0. The average molecular weight is 347 g/mol. The monoisotopic (exact) mass is 347 g/mol. The molecule has 0 saturated heterocycles. The second-order valence-electron chi connectivity index (χ2n) is 6.81. The zero-order valence-electron chi connectivity index (χ0n) is 14.4. The minimum absolute atomic E-state index is 0.0408. The molecule has 0 N–H and O–H groups in total. The Morgan fingerprint density at radius 3 is 2.72 bits per heavy atom. The van der Waals surface area contributed by atoms with Gasteiger partial charge in [0.2, 0.25) is 5.88 Å². The van der Waals surface area contributed by atoms with Gasteiger partial charge in [-0.05, 0) is 37.1 Å². The highest BCUT2D eigenvalue weighted by Crippen LogP contribution is 2.40. The van der Waals surface area contributed by atoms with E-state index in [2.05, 4.69) is 4.98 Å². The molecule has 4 nitrogen and oxygen atoms in total. The molecule has 0 amide bonds. The minimum Gasteiger partial charge on any atom is -0.477 e. The summed E-state index contributed by atoms with van der Waals surface area (Å²) < 4.78 is 38.4. The highest BCUT2D eigenvalue weighted by Gasteiger charge is 2.32. The maximum atomic E-state index is 14.4. The van der Waals surface area contributed by atoms with Crippen LogP contribution in [0, 0.1) is 17.0 Å². The Balaban J connectivity index is 2.20. The van der Waals surface area contributed by atoms with Gasteiger partial charge in [-0.3, -0.25) is 0 Å². The van der Waals surface area contributed by atoms with Crippen molar-refractivity contribution in [3.8, 4) is 17.0 Å². The topological polar surface area (TPSA) is 48.4 Å². The molecule has 0 aliphatic carbocycles. The molecule has 6 heteroatoms. The van der Waals surface area contributed by atoms with Gasteiger partial charge in [-0.15, -0.1) is 0 Å². The summed E-state index contributed by atoms with van der Waals surface area (Å²) in [5.41, 5.74) is 1.25. The van der Waals surface area contributed by atoms with E-state index in [1.54, 1.807) is 6.92 Å². The van der Waals surface area contributed by atoms with E-state index in [-0.39, 0.29) is 23.3 Å². The maximum Gasteiger partial charge on any atom is 0.357 e. The molecule has 1 aliphatic rings. The summed E-state index contributed by atoms with van der Waals surface area (Å²) >= 11 is 0. The SMILES string of the molecule is CCOC(=O)c1cc(-c2ccc(F)cc2F)c2c(n1)OCC(C)(C)C2. The van der Waals surface area contributed by atoms with Crippen molar-refractivity contribution in [1.29, 1.82) is 0 Å². The van der Waals surface area contributed by atoms with Gasteiger partial charge >= 0.3 is 5.97 Å². The lowest BCUT2D eigenvalue weighted by Crippen LogP contribution is -2.30. The van der Waals surface area contributed by atoms with Crippen molar-refractivity contribution in [2.75, 3.05) is 13.2 Å². The fourth-order valence-electron chi connectivity index (χ4n) is 2.89.